The fourth-order valence-electron chi connectivity index (χ4n) is 4.54. The van der Waals surface area contributed by atoms with Gasteiger partial charge in [-0.25, -0.2) is 0 Å². The summed E-state index contributed by atoms with van der Waals surface area (Å²) < 4.78 is 17.9. The van der Waals surface area contributed by atoms with E-state index in [9.17, 15) is 14.2 Å². The molecular formula is C23H33O4P. The molecule has 2 rings (SSSR count). The lowest BCUT2D eigenvalue weighted by Gasteiger charge is -2.39. The molecule has 0 spiro atoms. The second kappa shape index (κ2) is 8.86. The maximum absolute atomic E-state index is 13.9. The van der Waals surface area contributed by atoms with Gasteiger partial charge in [0.05, 0.1) is 12.0 Å². The third-order valence-corrected chi connectivity index (χ3v) is 7.21. The van der Waals surface area contributed by atoms with Crippen LogP contribution in [-0.4, -0.2) is 23.5 Å². The largest absolute Gasteiger partial charge is 0.465 e. The second-order valence-electron chi connectivity index (χ2n) is 8.87. The SMILES string of the molecule is Cc1cc(C)c(C(=O)C2(C(C)(P=O)C(=O)OCCC(C)C)CCCC2)c(C)c1. The van der Waals surface area contributed by atoms with E-state index >= 15 is 0 Å². The van der Waals surface area contributed by atoms with Crippen molar-refractivity contribution in [2.45, 2.75) is 78.8 Å². The highest BCUT2D eigenvalue weighted by molar-refractivity contribution is 7.28. The molecule has 1 aliphatic carbocycles. The lowest BCUT2D eigenvalue weighted by molar-refractivity contribution is -0.149. The third-order valence-electron chi connectivity index (χ3n) is 6.24. The van der Waals surface area contributed by atoms with Crippen LogP contribution in [0.4, 0.5) is 0 Å². The summed E-state index contributed by atoms with van der Waals surface area (Å²) in [5.41, 5.74) is 2.59. The van der Waals surface area contributed by atoms with Gasteiger partial charge in [0, 0.05) is 5.56 Å². The molecule has 0 heterocycles. The average Bonchev–Trinajstić information content (AvgIpc) is 3.11. The average molecular weight is 404 g/mol. The molecule has 0 N–H and O–H groups in total. The van der Waals surface area contributed by atoms with E-state index in [2.05, 4.69) is 13.8 Å². The van der Waals surface area contributed by atoms with E-state index in [1.807, 2.05) is 32.9 Å². The van der Waals surface area contributed by atoms with E-state index < -0.39 is 16.5 Å². The number of carbonyl (C=O) groups is 2. The van der Waals surface area contributed by atoms with Crippen LogP contribution in [0.2, 0.25) is 0 Å². The molecular weight excluding hydrogens is 371 g/mol. The van der Waals surface area contributed by atoms with Crippen molar-refractivity contribution < 1.29 is 18.9 Å². The van der Waals surface area contributed by atoms with Crippen molar-refractivity contribution in [1.29, 1.82) is 0 Å². The van der Waals surface area contributed by atoms with Gasteiger partial charge < -0.3 is 4.74 Å². The minimum absolute atomic E-state index is 0.0633. The van der Waals surface area contributed by atoms with Crippen LogP contribution in [0.1, 0.15) is 79.9 Å². The number of aryl methyl sites for hydroxylation is 3. The Balaban J connectivity index is 2.47. The number of rotatable bonds is 8. The number of hydrogen-bond donors (Lipinski definition) is 0. The molecule has 0 aromatic heterocycles. The van der Waals surface area contributed by atoms with Gasteiger partial charge in [-0.3, -0.25) is 14.2 Å². The molecule has 0 aliphatic heterocycles. The van der Waals surface area contributed by atoms with E-state index in [0.717, 1.165) is 36.0 Å². The van der Waals surface area contributed by atoms with Crippen LogP contribution in [0.15, 0.2) is 12.1 Å². The van der Waals surface area contributed by atoms with E-state index in [1.54, 1.807) is 6.92 Å². The fraction of sp³-hybridized carbons (Fsp3) is 0.652. The highest BCUT2D eigenvalue weighted by atomic mass is 31.1. The molecule has 0 amide bonds. The molecule has 0 bridgehead atoms. The predicted octanol–water partition coefficient (Wildman–Crippen LogP) is 5.99. The first-order valence-corrected chi connectivity index (χ1v) is 11.0. The van der Waals surface area contributed by atoms with Crippen molar-refractivity contribution in [2.75, 3.05) is 6.61 Å². The zero-order valence-corrected chi connectivity index (χ0v) is 18.9. The Morgan fingerprint density at radius 2 is 1.68 bits per heavy atom. The molecule has 1 saturated carbocycles. The quantitative estimate of drug-likeness (QED) is 0.303. The van der Waals surface area contributed by atoms with Gasteiger partial charge in [0.1, 0.15) is 0 Å². The lowest BCUT2D eigenvalue weighted by atomic mass is 9.67. The summed E-state index contributed by atoms with van der Waals surface area (Å²) in [6, 6.07) is 3.99. The summed E-state index contributed by atoms with van der Waals surface area (Å²) in [6.07, 6.45) is 3.56. The standard InChI is InChI=1S/C23H33O4P/c1-15(2)9-12-27-21(25)22(6,28-26)23(10-7-8-11-23)20(24)19-17(4)13-16(3)14-18(19)5/h13-15H,7-12H2,1-6H3. The Morgan fingerprint density at radius 1 is 1.14 bits per heavy atom. The minimum Gasteiger partial charge on any atom is -0.465 e. The summed E-state index contributed by atoms with van der Waals surface area (Å²) in [4.78, 5) is 26.9. The topological polar surface area (TPSA) is 60.4 Å². The number of ether oxygens (including phenoxy) is 1. The van der Waals surface area contributed by atoms with Gasteiger partial charge >= 0.3 is 5.97 Å². The second-order valence-corrected chi connectivity index (χ2v) is 9.95. The van der Waals surface area contributed by atoms with Gasteiger partial charge in [0.25, 0.3) is 0 Å². The van der Waals surface area contributed by atoms with Crippen molar-refractivity contribution in [2.24, 2.45) is 11.3 Å². The molecule has 0 radical (unpaired) electrons. The van der Waals surface area contributed by atoms with Gasteiger partial charge in [-0.15, -0.1) is 0 Å². The van der Waals surface area contributed by atoms with Crippen LogP contribution < -0.4 is 0 Å². The minimum atomic E-state index is -1.37. The number of hydrogen-bond acceptors (Lipinski definition) is 4. The Bertz CT molecular complexity index is 739. The van der Waals surface area contributed by atoms with Crippen molar-refractivity contribution in [3.05, 3.63) is 34.4 Å². The molecule has 1 aromatic rings. The highest BCUT2D eigenvalue weighted by Gasteiger charge is 2.61. The van der Waals surface area contributed by atoms with E-state index in [1.165, 1.54) is 0 Å². The first-order chi connectivity index (χ1) is 13.1. The summed E-state index contributed by atoms with van der Waals surface area (Å²) >= 11 is 0. The first-order valence-electron chi connectivity index (χ1n) is 10.2. The van der Waals surface area contributed by atoms with E-state index in [4.69, 9.17) is 4.74 Å². The normalized spacial score (nSPS) is 18.2. The number of ketones is 1. The molecule has 1 atom stereocenters. The predicted molar refractivity (Wildman–Crippen MR) is 112 cm³/mol. The first kappa shape index (κ1) is 22.7. The Kier molecular flexibility index (Phi) is 7.20. The van der Waals surface area contributed by atoms with E-state index in [-0.39, 0.29) is 20.9 Å². The zero-order valence-electron chi connectivity index (χ0n) is 18.1. The molecule has 1 aliphatic rings. The van der Waals surface area contributed by atoms with Crippen LogP contribution in [0.5, 0.6) is 0 Å². The lowest BCUT2D eigenvalue weighted by Crippen LogP contribution is -2.52. The molecule has 28 heavy (non-hydrogen) atoms. The Labute approximate surface area is 170 Å². The summed E-state index contributed by atoms with van der Waals surface area (Å²) in [7, 11) is -0.348. The maximum atomic E-state index is 13.9. The number of esters is 1. The molecule has 154 valence electrons. The van der Waals surface area contributed by atoms with Gasteiger partial charge in [0.2, 0.25) is 0 Å². The summed E-state index contributed by atoms with van der Waals surface area (Å²) in [5, 5.41) is -1.37. The molecule has 1 aromatic carbocycles. The molecule has 4 nitrogen and oxygen atoms in total. The third kappa shape index (κ3) is 4.08. The molecule has 1 fully saturated rings. The monoisotopic (exact) mass is 404 g/mol. The van der Waals surface area contributed by atoms with Crippen LogP contribution in [-0.2, 0) is 14.1 Å². The molecule has 0 saturated heterocycles. The number of Topliss-reactive ketones (excluding diaryl/α,β-unsaturated/α-hetero) is 1. The smallest absolute Gasteiger partial charge is 0.324 e. The number of benzene rings is 1. The van der Waals surface area contributed by atoms with Crippen LogP contribution in [0.25, 0.3) is 0 Å². The van der Waals surface area contributed by atoms with Gasteiger partial charge in [-0.1, -0.05) is 44.4 Å². The Hall–Kier alpha value is -1.54. The van der Waals surface area contributed by atoms with Crippen molar-refractivity contribution >= 4 is 20.2 Å². The Morgan fingerprint density at radius 3 is 2.14 bits per heavy atom. The summed E-state index contributed by atoms with van der Waals surface area (Å²) in [5.74, 6) is -0.182. The zero-order chi connectivity index (χ0) is 21.1. The van der Waals surface area contributed by atoms with Crippen LogP contribution in [0.3, 0.4) is 0 Å². The van der Waals surface area contributed by atoms with E-state index in [0.29, 0.717) is 24.3 Å². The molecule has 5 heteroatoms. The van der Waals surface area contributed by atoms with Gasteiger partial charge in [-0.05, 0) is 64.0 Å². The highest BCUT2D eigenvalue weighted by Crippen LogP contribution is 2.55. The van der Waals surface area contributed by atoms with Gasteiger partial charge in [0.15, 0.2) is 19.4 Å². The van der Waals surface area contributed by atoms with Gasteiger partial charge in [-0.2, -0.15) is 0 Å². The fourth-order valence-corrected chi connectivity index (χ4v) is 5.18. The van der Waals surface area contributed by atoms with Crippen molar-refractivity contribution in [1.82, 2.24) is 0 Å². The van der Waals surface area contributed by atoms with Crippen LogP contribution >= 0.6 is 8.46 Å². The molecule has 1 unspecified atom stereocenters. The number of carbonyl (C=O) groups excluding carboxylic acids is 2. The van der Waals surface area contributed by atoms with Crippen LogP contribution in [0, 0.1) is 32.1 Å². The summed E-state index contributed by atoms with van der Waals surface area (Å²) in [6.45, 7) is 11.9. The maximum Gasteiger partial charge on any atom is 0.324 e. The van der Waals surface area contributed by atoms with Crippen molar-refractivity contribution in [3.63, 3.8) is 0 Å². The van der Waals surface area contributed by atoms with Crippen molar-refractivity contribution in [3.8, 4) is 0 Å².